The van der Waals surface area contributed by atoms with Crippen molar-refractivity contribution in [3.8, 4) is 0 Å². The number of aryl methyl sites for hydroxylation is 2. The number of halogens is 1. The van der Waals surface area contributed by atoms with Gasteiger partial charge >= 0.3 is 0 Å². The van der Waals surface area contributed by atoms with E-state index in [-0.39, 0.29) is 11.9 Å². The second-order valence-corrected chi connectivity index (χ2v) is 5.35. The normalized spacial score (nSPS) is 12.7. The number of hydrazine groups is 1. The third-order valence-electron chi connectivity index (χ3n) is 2.92. The third kappa shape index (κ3) is 2.93. The minimum atomic E-state index is -0.210. The highest BCUT2D eigenvalue weighted by Gasteiger charge is 2.14. The van der Waals surface area contributed by atoms with E-state index in [9.17, 15) is 4.39 Å². The van der Waals surface area contributed by atoms with E-state index in [1.54, 1.807) is 17.4 Å². The van der Waals surface area contributed by atoms with Gasteiger partial charge in [-0.25, -0.2) is 9.37 Å². The predicted molar refractivity (Wildman–Crippen MR) is 71.8 cm³/mol. The summed E-state index contributed by atoms with van der Waals surface area (Å²) in [4.78, 5) is 4.43. The van der Waals surface area contributed by atoms with E-state index in [0.29, 0.717) is 6.42 Å². The molecule has 3 nitrogen and oxygen atoms in total. The first-order valence-corrected chi connectivity index (χ1v) is 6.61. The highest BCUT2D eigenvalue weighted by molar-refractivity contribution is 7.09. The lowest BCUT2D eigenvalue weighted by molar-refractivity contribution is 0.538. The molecule has 0 amide bonds. The van der Waals surface area contributed by atoms with Crippen molar-refractivity contribution in [2.45, 2.75) is 26.3 Å². The molecule has 0 fully saturated rings. The Balaban J connectivity index is 2.20. The van der Waals surface area contributed by atoms with Crippen LogP contribution in [0.1, 0.15) is 27.9 Å². The van der Waals surface area contributed by atoms with Crippen molar-refractivity contribution in [2.75, 3.05) is 0 Å². The maximum atomic E-state index is 13.0. The Hall–Kier alpha value is -1.30. The molecule has 18 heavy (non-hydrogen) atoms. The molecule has 0 aliphatic heterocycles. The molecule has 1 heterocycles. The molecule has 0 bridgehead atoms. The Bertz CT molecular complexity index is 539. The molecular weight excluding hydrogens is 249 g/mol. The van der Waals surface area contributed by atoms with Gasteiger partial charge in [-0.3, -0.25) is 11.3 Å². The number of hydrogen-bond acceptors (Lipinski definition) is 4. The summed E-state index contributed by atoms with van der Waals surface area (Å²) in [7, 11) is 0. The number of aromatic nitrogens is 1. The number of nitrogens with two attached hydrogens (primary N) is 1. The molecule has 1 unspecified atom stereocenters. The van der Waals surface area contributed by atoms with Crippen LogP contribution in [0.3, 0.4) is 0 Å². The number of thiazole rings is 1. The lowest BCUT2D eigenvalue weighted by Gasteiger charge is -2.15. The van der Waals surface area contributed by atoms with Gasteiger partial charge in [0.05, 0.1) is 16.7 Å². The van der Waals surface area contributed by atoms with Gasteiger partial charge in [0.25, 0.3) is 0 Å². The summed E-state index contributed by atoms with van der Waals surface area (Å²) in [6.45, 7) is 3.86. The van der Waals surface area contributed by atoms with Gasteiger partial charge in [0.2, 0.25) is 0 Å². The Morgan fingerprint density at radius 1 is 1.44 bits per heavy atom. The lowest BCUT2D eigenvalue weighted by atomic mass is 10.00. The maximum absolute atomic E-state index is 13.0. The second kappa shape index (κ2) is 5.56. The molecular formula is C13H16FN3S. The molecule has 3 N–H and O–H groups in total. The summed E-state index contributed by atoms with van der Waals surface area (Å²) in [5.74, 6) is 5.37. The van der Waals surface area contributed by atoms with Crippen LogP contribution in [0.4, 0.5) is 4.39 Å². The first-order valence-electron chi connectivity index (χ1n) is 5.73. The Morgan fingerprint density at radius 3 is 2.78 bits per heavy atom. The number of rotatable bonds is 4. The zero-order valence-electron chi connectivity index (χ0n) is 10.4. The van der Waals surface area contributed by atoms with E-state index in [2.05, 4.69) is 10.4 Å². The van der Waals surface area contributed by atoms with Gasteiger partial charge in [-0.1, -0.05) is 6.07 Å². The Labute approximate surface area is 110 Å². The van der Waals surface area contributed by atoms with Gasteiger partial charge in [-0.2, -0.15) is 0 Å². The van der Waals surface area contributed by atoms with Gasteiger partial charge in [0.1, 0.15) is 5.82 Å². The molecule has 1 aromatic heterocycles. The van der Waals surface area contributed by atoms with Crippen LogP contribution in [0.5, 0.6) is 0 Å². The first-order chi connectivity index (χ1) is 8.60. The first kappa shape index (κ1) is 13.1. The van der Waals surface area contributed by atoms with Crippen molar-refractivity contribution in [1.29, 1.82) is 0 Å². The smallest absolute Gasteiger partial charge is 0.123 e. The van der Waals surface area contributed by atoms with Crippen LogP contribution in [0.15, 0.2) is 23.6 Å². The summed E-state index contributed by atoms with van der Waals surface area (Å²) in [6, 6.07) is 4.77. The fourth-order valence-electron chi connectivity index (χ4n) is 1.90. The van der Waals surface area contributed by atoms with E-state index in [4.69, 9.17) is 5.84 Å². The SMILES string of the molecule is Cc1nc(C(Cc2ccc(F)cc2C)NN)cs1. The van der Waals surface area contributed by atoms with Gasteiger partial charge in [0, 0.05) is 5.38 Å². The standard InChI is InChI=1S/C13H16FN3S/c1-8-5-11(14)4-3-10(8)6-12(17-15)13-7-18-9(2)16-13/h3-5,7,12,17H,6,15H2,1-2H3. The molecule has 0 spiro atoms. The Morgan fingerprint density at radius 2 is 2.22 bits per heavy atom. The second-order valence-electron chi connectivity index (χ2n) is 4.29. The number of benzene rings is 1. The summed E-state index contributed by atoms with van der Waals surface area (Å²) >= 11 is 1.60. The highest BCUT2D eigenvalue weighted by Crippen LogP contribution is 2.21. The lowest BCUT2D eigenvalue weighted by Crippen LogP contribution is -2.30. The minimum absolute atomic E-state index is 0.0425. The van der Waals surface area contributed by atoms with E-state index in [0.717, 1.165) is 21.8 Å². The predicted octanol–water partition coefficient (Wildman–Crippen LogP) is 2.65. The number of hydrogen-bond donors (Lipinski definition) is 2. The molecule has 0 saturated carbocycles. The molecule has 0 radical (unpaired) electrons. The van der Waals surface area contributed by atoms with Gasteiger partial charge in [-0.15, -0.1) is 11.3 Å². The van der Waals surface area contributed by atoms with Crippen LogP contribution in [0.25, 0.3) is 0 Å². The summed E-state index contributed by atoms with van der Waals surface area (Å²) in [5, 5.41) is 3.01. The average molecular weight is 265 g/mol. The third-order valence-corrected chi connectivity index (χ3v) is 3.72. The molecule has 2 aromatic rings. The van der Waals surface area contributed by atoms with Gasteiger partial charge in [-0.05, 0) is 43.5 Å². The van der Waals surface area contributed by atoms with Crippen LogP contribution in [0, 0.1) is 19.7 Å². The van der Waals surface area contributed by atoms with Crippen LogP contribution < -0.4 is 11.3 Å². The summed E-state index contributed by atoms with van der Waals surface area (Å²) in [6.07, 6.45) is 0.700. The molecule has 96 valence electrons. The minimum Gasteiger partial charge on any atom is -0.271 e. The van der Waals surface area contributed by atoms with Crippen molar-refractivity contribution in [3.05, 3.63) is 51.2 Å². The number of nitrogens with one attached hydrogen (secondary N) is 1. The molecule has 2 rings (SSSR count). The van der Waals surface area contributed by atoms with E-state index in [1.165, 1.54) is 12.1 Å². The maximum Gasteiger partial charge on any atom is 0.123 e. The average Bonchev–Trinajstić information content (AvgIpc) is 2.75. The van der Waals surface area contributed by atoms with Gasteiger partial charge in [0.15, 0.2) is 0 Å². The van der Waals surface area contributed by atoms with Crippen molar-refractivity contribution < 1.29 is 4.39 Å². The quantitative estimate of drug-likeness (QED) is 0.660. The fraction of sp³-hybridized carbons (Fsp3) is 0.308. The van der Waals surface area contributed by atoms with Crippen LogP contribution in [-0.2, 0) is 6.42 Å². The van der Waals surface area contributed by atoms with E-state index in [1.807, 2.05) is 19.2 Å². The topological polar surface area (TPSA) is 50.9 Å². The highest BCUT2D eigenvalue weighted by atomic mass is 32.1. The van der Waals surface area contributed by atoms with Crippen LogP contribution in [0.2, 0.25) is 0 Å². The van der Waals surface area contributed by atoms with Crippen molar-refractivity contribution in [3.63, 3.8) is 0 Å². The summed E-state index contributed by atoms with van der Waals surface area (Å²) in [5.41, 5.74) is 5.71. The Kier molecular flexibility index (Phi) is 4.06. The van der Waals surface area contributed by atoms with Crippen LogP contribution in [-0.4, -0.2) is 4.98 Å². The van der Waals surface area contributed by atoms with E-state index < -0.39 is 0 Å². The van der Waals surface area contributed by atoms with Crippen LogP contribution >= 0.6 is 11.3 Å². The monoisotopic (exact) mass is 265 g/mol. The summed E-state index contributed by atoms with van der Waals surface area (Å²) < 4.78 is 13.0. The van der Waals surface area contributed by atoms with Crippen molar-refractivity contribution >= 4 is 11.3 Å². The number of nitrogens with zero attached hydrogens (tertiary/aromatic N) is 1. The zero-order chi connectivity index (χ0) is 13.1. The molecule has 1 aromatic carbocycles. The van der Waals surface area contributed by atoms with Gasteiger partial charge < -0.3 is 0 Å². The molecule has 0 aliphatic carbocycles. The molecule has 0 saturated heterocycles. The van der Waals surface area contributed by atoms with Crippen molar-refractivity contribution in [2.24, 2.45) is 5.84 Å². The molecule has 5 heteroatoms. The zero-order valence-corrected chi connectivity index (χ0v) is 11.2. The molecule has 0 aliphatic rings. The largest absolute Gasteiger partial charge is 0.271 e. The molecule has 1 atom stereocenters. The fourth-order valence-corrected chi connectivity index (χ4v) is 2.56. The van der Waals surface area contributed by atoms with E-state index >= 15 is 0 Å². The van der Waals surface area contributed by atoms with Crippen molar-refractivity contribution in [1.82, 2.24) is 10.4 Å².